The lowest BCUT2D eigenvalue weighted by Crippen LogP contribution is -2.33. The quantitative estimate of drug-likeness (QED) is 0.637. The minimum Gasteiger partial charge on any atom is -0.382 e. The van der Waals surface area contributed by atoms with Gasteiger partial charge < -0.3 is 15.4 Å². The van der Waals surface area contributed by atoms with Gasteiger partial charge in [-0.25, -0.2) is 0 Å². The lowest BCUT2D eigenvalue weighted by Gasteiger charge is -2.22. The van der Waals surface area contributed by atoms with Crippen LogP contribution in [0.2, 0.25) is 0 Å². The van der Waals surface area contributed by atoms with Crippen LogP contribution in [0.4, 0.5) is 11.4 Å². The van der Waals surface area contributed by atoms with Crippen molar-refractivity contribution in [1.29, 1.82) is 0 Å². The number of carbonyl (C=O) groups is 1. The number of hydrogen-bond donors (Lipinski definition) is 2. The van der Waals surface area contributed by atoms with Crippen LogP contribution in [-0.4, -0.2) is 37.6 Å². The molecule has 7 heteroatoms. The summed E-state index contributed by atoms with van der Waals surface area (Å²) in [6.07, 6.45) is 2.02. The SMILES string of the molecule is CNc1c(C(=O)NCC2CCCOC2)cccc1[N+](=O)[O-]. The van der Waals surface area contributed by atoms with Gasteiger partial charge in [0.05, 0.1) is 17.1 Å². The van der Waals surface area contributed by atoms with Crippen LogP contribution < -0.4 is 10.6 Å². The molecule has 0 radical (unpaired) electrons. The molecule has 114 valence electrons. The van der Waals surface area contributed by atoms with E-state index in [0.29, 0.717) is 19.1 Å². The molecule has 2 rings (SSSR count). The van der Waals surface area contributed by atoms with Crippen molar-refractivity contribution >= 4 is 17.3 Å². The van der Waals surface area contributed by atoms with Crippen LogP contribution in [0.5, 0.6) is 0 Å². The Balaban J connectivity index is 2.07. The summed E-state index contributed by atoms with van der Waals surface area (Å²) in [5.41, 5.74) is 0.412. The molecule has 1 saturated heterocycles. The highest BCUT2D eigenvalue weighted by Crippen LogP contribution is 2.27. The first-order valence-electron chi connectivity index (χ1n) is 6.94. The number of nitrogens with zero attached hydrogens (tertiary/aromatic N) is 1. The largest absolute Gasteiger partial charge is 0.382 e. The summed E-state index contributed by atoms with van der Waals surface area (Å²) in [5, 5.41) is 16.5. The summed E-state index contributed by atoms with van der Waals surface area (Å²) in [5.74, 6) is -0.00643. The Morgan fingerprint density at radius 1 is 1.52 bits per heavy atom. The number of nitro groups is 1. The zero-order chi connectivity index (χ0) is 15.2. The summed E-state index contributed by atoms with van der Waals surface area (Å²) in [4.78, 5) is 22.7. The van der Waals surface area contributed by atoms with E-state index in [-0.39, 0.29) is 22.8 Å². The van der Waals surface area contributed by atoms with Crippen LogP contribution in [0, 0.1) is 16.0 Å². The molecule has 0 spiro atoms. The first-order chi connectivity index (χ1) is 10.1. The number of nitro benzene ring substituents is 1. The molecule has 1 aromatic carbocycles. The van der Waals surface area contributed by atoms with Crippen LogP contribution in [-0.2, 0) is 4.74 Å². The molecule has 0 aromatic heterocycles. The number of benzene rings is 1. The molecule has 1 atom stereocenters. The van der Waals surface area contributed by atoms with Gasteiger partial charge in [-0.3, -0.25) is 14.9 Å². The maximum atomic E-state index is 12.2. The fraction of sp³-hybridized carbons (Fsp3) is 0.500. The van der Waals surface area contributed by atoms with Crippen molar-refractivity contribution in [2.24, 2.45) is 5.92 Å². The fourth-order valence-electron chi connectivity index (χ4n) is 2.44. The first-order valence-corrected chi connectivity index (χ1v) is 6.94. The molecule has 0 bridgehead atoms. The van der Waals surface area contributed by atoms with Gasteiger partial charge in [0, 0.05) is 26.3 Å². The predicted octanol–water partition coefficient (Wildman–Crippen LogP) is 1.79. The van der Waals surface area contributed by atoms with Crippen molar-refractivity contribution in [2.45, 2.75) is 12.8 Å². The van der Waals surface area contributed by atoms with E-state index in [1.807, 2.05) is 0 Å². The van der Waals surface area contributed by atoms with Gasteiger partial charge >= 0.3 is 0 Å². The standard InChI is InChI=1S/C14H19N3O4/c1-15-13-11(5-2-6-12(13)17(19)20)14(18)16-8-10-4-3-7-21-9-10/h2,5-6,10,15H,3-4,7-9H2,1H3,(H,16,18). The third-order valence-corrected chi connectivity index (χ3v) is 3.54. The van der Waals surface area contributed by atoms with E-state index < -0.39 is 4.92 Å². The van der Waals surface area contributed by atoms with Crippen LogP contribution in [0.25, 0.3) is 0 Å². The highest BCUT2D eigenvalue weighted by Gasteiger charge is 2.21. The Morgan fingerprint density at radius 3 is 2.95 bits per heavy atom. The normalized spacial score (nSPS) is 18.0. The molecule has 1 amide bonds. The van der Waals surface area contributed by atoms with Gasteiger partial charge in [-0.05, 0) is 24.8 Å². The fourth-order valence-corrected chi connectivity index (χ4v) is 2.44. The van der Waals surface area contributed by atoms with Gasteiger partial charge in [0.15, 0.2) is 0 Å². The molecule has 1 unspecified atom stereocenters. The summed E-state index contributed by atoms with van der Waals surface area (Å²) in [6.45, 7) is 1.94. The number of hydrogen-bond acceptors (Lipinski definition) is 5. The number of rotatable bonds is 5. The second-order valence-corrected chi connectivity index (χ2v) is 5.00. The average molecular weight is 293 g/mol. The zero-order valence-electron chi connectivity index (χ0n) is 11.9. The van der Waals surface area contributed by atoms with Gasteiger partial charge in [0.2, 0.25) is 0 Å². The van der Waals surface area contributed by atoms with E-state index in [0.717, 1.165) is 19.4 Å². The molecule has 1 aliphatic heterocycles. The maximum absolute atomic E-state index is 12.2. The Morgan fingerprint density at radius 2 is 2.33 bits per heavy atom. The number of nitrogens with one attached hydrogen (secondary N) is 2. The number of ether oxygens (including phenoxy) is 1. The van der Waals surface area contributed by atoms with Crippen LogP contribution in [0.3, 0.4) is 0 Å². The number of para-hydroxylation sites is 1. The highest BCUT2D eigenvalue weighted by atomic mass is 16.6. The van der Waals surface area contributed by atoms with Gasteiger partial charge in [0.1, 0.15) is 5.69 Å². The molecule has 0 aliphatic carbocycles. The molecule has 7 nitrogen and oxygen atoms in total. The molecule has 21 heavy (non-hydrogen) atoms. The third kappa shape index (κ3) is 3.69. The minimum absolute atomic E-state index is 0.105. The maximum Gasteiger partial charge on any atom is 0.293 e. The van der Waals surface area contributed by atoms with Crippen molar-refractivity contribution in [2.75, 3.05) is 32.1 Å². The zero-order valence-corrected chi connectivity index (χ0v) is 11.9. The van der Waals surface area contributed by atoms with E-state index in [2.05, 4.69) is 10.6 Å². The van der Waals surface area contributed by atoms with Crippen LogP contribution >= 0.6 is 0 Å². The second kappa shape index (κ2) is 7.03. The molecule has 0 saturated carbocycles. The number of anilines is 1. The smallest absolute Gasteiger partial charge is 0.293 e. The van der Waals surface area contributed by atoms with E-state index in [1.54, 1.807) is 13.1 Å². The van der Waals surface area contributed by atoms with E-state index in [4.69, 9.17) is 4.74 Å². The topological polar surface area (TPSA) is 93.5 Å². The number of amides is 1. The monoisotopic (exact) mass is 293 g/mol. The molecule has 2 N–H and O–H groups in total. The molecule has 1 aromatic rings. The molecule has 1 aliphatic rings. The van der Waals surface area contributed by atoms with Crippen molar-refractivity contribution in [3.05, 3.63) is 33.9 Å². The van der Waals surface area contributed by atoms with Gasteiger partial charge in [-0.2, -0.15) is 0 Å². The third-order valence-electron chi connectivity index (χ3n) is 3.54. The molecule has 1 fully saturated rings. The molecular weight excluding hydrogens is 274 g/mol. The van der Waals surface area contributed by atoms with Gasteiger partial charge in [-0.15, -0.1) is 0 Å². The van der Waals surface area contributed by atoms with Crippen LogP contribution in [0.15, 0.2) is 18.2 Å². The summed E-state index contributed by atoms with van der Waals surface area (Å²) >= 11 is 0. The Labute approximate surface area is 122 Å². The van der Waals surface area contributed by atoms with E-state index in [1.165, 1.54) is 12.1 Å². The van der Waals surface area contributed by atoms with Crippen molar-refractivity contribution in [3.8, 4) is 0 Å². The van der Waals surface area contributed by atoms with Crippen molar-refractivity contribution < 1.29 is 14.5 Å². The van der Waals surface area contributed by atoms with Crippen LogP contribution in [0.1, 0.15) is 23.2 Å². The lowest BCUT2D eigenvalue weighted by atomic mass is 10.0. The summed E-state index contributed by atoms with van der Waals surface area (Å²) in [7, 11) is 1.56. The Bertz CT molecular complexity index is 527. The summed E-state index contributed by atoms with van der Waals surface area (Å²) in [6, 6.07) is 4.46. The van der Waals surface area contributed by atoms with E-state index in [9.17, 15) is 14.9 Å². The Kier molecular flexibility index (Phi) is 5.10. The highest BCUT2D eigenvalue weighted by molar-refractivity contribution is 6.01. The molecule has 1 heterocycles. The number of carbonyl (C=O) groups excluding carboxylic acids is 1. The van der Waals surface area contributed by atoms with Crippen molar-refractivity contribution in [1.82, 2.24) is 5.32 Å². The predicted molar refractivity (Wildman–Crippen MR) is 78.5 cm³/mol. The minimum atomic E-state index is -0.502. The second-order valence-electron chi connectivity index (χ2n) is 5.00. The van der Waals surface area contributed by atoms with Gasteiger partial charge in [0.25, 0.3) is 11.6 Å². The average Bonchev–Trinajstić information content (AvgIpc) is 2.52. The molecular formula is C14H19N3O4. The van der Waals surface area contributed by atoms with Gasteiger partial charge in [-0.1, -0.05) is 6.07 Å². The van der Waals surface area contributed by atoms with Crippen molar-refractivity contribution in [3.63, 3.8) is 0 Å². The first kappa shape index (κ1) is 15.2. The van der Waals surface area contributed by atoms with E-state index >= 15 is 0 Å². The summed E-state index contributed by atoms with van der Waals surface area (Å²) < 4.78 is 5.36. The Hall–Kier alpha value is -2.15. The lowest BCUT2D eigenvalue weighted by molar-refractivity contribution is -0.384.